The van der Waals surface area contributed by atoms with E-state index in [-0.39, 0.29) is 24.2 Å². The Morgan fingerprint density at radius 1 is 0.971 bits per heavy atom. The molecule has 2 aliphatic rings. The van der Waals surface area contributed by atoms with Gasteiger partial charge in [0.25, 0.3) is 11.8 Å². The second kappa shape index (κ2) is 10.5. The number of aromatic nitrogens is 1. The maximum Gasteiger partial charge on any atom is 0.260 e. The topological polar surface area (TPSA) is 77.7 Å². The van der Waals surface area contributed by atoms with Crippen molar-refractivity contribution < 1.29 is 18.7 Å². The molecule has 0 atom stereocenters. The van der Waals surface area contributed by atoms with Crippen LogP contribution in [0.1, 0.15) is 28.8 Å². The van der Waals surface area contributed by atoms with Crippen molar-refractivity contribution in [1.29, 1.82) is 0 Å². The number of halogens is 1. The minimum atomic E-state index is -0.215. The number of hydrogen-bond acceptors (Lipinski definition) is 4. The predicted molar refractivity (Wildman–Crippen MR) is 132 cm³/mol. The van der Waals surface area contributed by atoms with E-state index in [1.165, 1.54) is 12.1 Å². The lowest BCUT2D eigenvalue weighted by Crippen LogP contribution is -2.47. The molecule has 0 aliphatic carbocycles. The van der Waals surface area contributed by atoms with Crippen molar-refractivity contribution in [3.63, 3.8) is 0 Å². The molecule has 0 saturated carbocycles. The minimum Gasteiger partial charge on any atom is -0.484 e. The Kier molecular flexibility index (Phi) is 6.99. The molecule has 2 fully saturated rings. The summed E-state index contributed by atoms with van der Waals surface area (Å²) < 4.78 is 18.9. The second-order valence-corrected chi connectivity index (χ2v) is 9.40. The molecule has 0 bridgehead atoms. The molecule has 0 spiro atoms. The Labute approximate surface area is 204 Å². The van der Waals surface area contributed by atoms with Crippen LogP contribution in [0.3, 0.4) is 0 Å². The van der Waals surface area contributed by atoms with Gasteiger partial charge in [0.15, 0.2) is 6.61 Å². The van der Waals surface area contributed by atoms with Gasteiger partial charge in [-0.25, -0.2) is 4.39 Å². The summed E-state index contributed by atoms with van der Waals surface area (Å²) in [6.07, 6.45) is 4.51. The maximum atomic E-state index is 13.3. The minimum absolute atomic E-state index is 0.00512. The lowest BCUT2D eigenvalue weighted by atomic mass is 9.90. The highest BCUT2D eigenvalue weighted by Gasteiger charge is 2.26. The van der Waals surface area contributed by atoms with E-state index in [4.69, 9.17) is 4.74 Å². The van der Waals surface area contributed by atoms with E-state index < -0.39 is 0 Å². The van der Waals surface area contributed by atoms with Crippen LogP contribution in [0, 0.1) is 11.7 Å². The second-order valence-electron chi connectivity index (χ2n) is 9.40. The van der Waals surface area contributed by atoms with Crippen LogP contribution in [0.4, 0.5) is 4.39 Å². The molecule has 3 heterocycles. The fourth-order valence-corrected chi connectivity index (χ4v) is 4.98. The first-order valence-electron chi connectivity index (χ1n) is 12.3. The van der Waals surface area contributed by atoms with Gasteiger partial charge in [-0.1, -0.05) is 12.1 Å². The molecule has 2 aromatic carbocycles. The van der Waals surface area contributed by atoms with Crippen molar-refractivity contribution >= 4 is 22.7 Å². The first kappa shape index (κ1) is 23.4. The van der Waals surface area contributed by atoms with Crippen LogP contribution in [0.5, 0.6) is 5.75 Å². The standard InChI is InChI=1S/C27H31FN4O3/c28-21-3-1-19(2-4-21)15-20-7-11-32(12-8-20)27(34)24-17-30-25-6-5-22(16-23(24)25)35-18-26(33)31-13-9-29-10-14-31/h1-6,16-17,20,29-30H,7-15,18H2. The van der Waals surface area contributed by atoms with E-state index in [1.807, 2.05) is 35.2 Å². The van der Waals surface area contributed by atoms with Gasteiger partial charge in [-0.05, 0) is 61.1 Å². The van der Waals surface area contributed by atoms with Gasteiger partial charge in [-0.15, -0.1) is 0 Å². The molecule has 1 aromatic heterocycles. The average Bonchev–Trinajstić information content (AvgIpc) is 3.32. The number of aromatic amines is 1. The smallest absolute Gasteiger partial charge is 0.260 e. The van der Waals surface area contributed by atoms with Gasteiger partial charge in [-0.3, -0.25) is 9.59 Å². The summed E-state index contributed by atoms with van der Waals surface area (Å²) >= 11 is 0. The molecule has 2 aliphatic heterocycles. The first-order valence-corrected chi connectivity index (χ1v) is 12.3. The number of nitrogens with zero attached hydrogens (tertiary/aromatic N) is 2. The summed E-state index contributed by atoms with van der Waals surface area (Å²) in [4.78, 5) is 32.6. The highest BCUT2D eigenvalue weighted by Crippen LogP contribution is 2.27. The third-order valence-corrected chi connectivity index (χ3v) is 7.06. The van der Waals surface area contributed by atoms with Crippen molar-refractivity contribution in [2.75, 3.05) is 45.9 Å². The number of piperidine rings is 1. The molecule has 8 heteroatoms. The zero-order valence-corrected chi connectivity index (χ0v) is 19.8. The van der Waals surface area contributed by atoms with Gasteiger partial charge in [0.1, 0.15) is 11.6 Å². The van der Waals surface area contributed by atoms with Crippen LogP contribution < -0.4 is 10.1 Å². The third-order valence-electron chi connectivity index (χ3n) is 7.06. The monoisotopic (exact) mass is 478 g/mol. The molecule has 2 saturated heterocycles. The number of piperazine rings is 1. The van der Waals surface area contributed by atoms with Crippen molar-refractivity contribution in [1.82, 2.24) is 20.1 Å². The van der Waals surface area contributed by atoms with Crippen LogP contribution in [0.25, 0.3) is 10.9 Å². The molecule has 0 unspecified atom stereocenters. The number of fused-ring (bicyclic) bond motifs is 1. The first-order chi connectivity index (χ1) is 17.1. The normalized spacial score (nSPS) is 17.1. The van der Waals surface area contributed by atoms with E-state index >= 15 is 0 Å². The summed E-state index contributed by atoms with van der Waals surface area (Å²) in [5.74, 6) is 0.826. The lowest BCUT2D eigenvalue weighted by Gasteiger charge is -2.32. The Morgan fingerprint density at radius 2 is 1.71 bits per heavy atom. The fourth-order valence-electron chi connectivity index (χ4n) is 4.98. The molecule has 2 amide bonds. The quantitative estimate of drug-likeness (QED) is 0.571. The van der Waals surface area contributed by atoms with Gasteiger partial charge >= 0.3 is 0 Å². The number of H-pyrrole nitrogens is 1. The van der Waals surface area contributed by atoms with Crippen molar-refractivity contribution in [2.24, 2.45) is 5.92 Å². The van der Waals surface area contributed by atoms with Crippen LogP contribution in [-0.2, 0) is 11.2 Å². The number of rotatable bonds is 6. The van der Waals surface area contributed by atoms with Gasteiger partial charge in [-0.2, -0.15) is 0 Å². The van der Waals surface area contributed by atoms with E-state index in [9.17, 15) is 14.0 Å². The molecule has 5 rings (SSSR count). The number of likely N-dealkylation sites (tertiary alicyclic amines) is 1. The zero-order chi connectivity index (χ0) is 24.2. The van der Waals surface area contributed by atoms with Gasteiger partial charge in [0, 0.05) is 56.4 Å². The van der Waals surface area contributed by atoms with Crippen LogP contribution in [0.2, 0.25) is 0 Å². The number of benzene rings is 2. The number of hydrogen-bond donors (Lipinski definition) is 2. The average molecular weight is 479 g/mol. The van der Waals surface area contributed by atoms with E-state index in [0.717, 1.165) is 48.8 Å². The summed E-state index contributed by atoms with van der Waals surface area (Å²) in [5, 5.41) is 4.03. The number of carbonyl (C=O) groups is 2. The fraction of sp³-hybridized carbons (Fsp3) is 0.407. The molecule has 184 valence electrons. The number of carbonyl (C=O) groups excluding carboxylic acids is 2. The highest BCUT2D eigenvalue weighted by atomic mass is 19.1. The maximum absolute atomic E-state index is 13.3. The summed E-state index contributed by atoms with van der Waals surface area (Å²) in [7, 11) is 0. The lowest BCUT2D eigenvalue weighted by molar-refractivity contribution is -0.133. The molecule has 7 nitrogen and oxygen atoms in total. The molecular formula is C27H31FN4O3. The van der Waals surface area contributed by atoms with E-state index in [0.29, 0.717) is 43.4 Å². The molecule has 35 heavy (non-hydrogen) atoms. The number of ether oxygens (including phenoxy) is 1. The molecular weight excluding hydrogens is 447 g/mol. The van der Waals surface area contributed by atoms with Crippen LogP contribution in [-0.4, -0.2) is 72.5 Å². The summed E-state index contributed by atoms with van der Waals surface area (Å²) in [6, 6.07) is 12.2. The molecule has 3 aromatic rings. The third kappa shape index (κ3) is 5.48. The van der Waals surface area contributed by atoms with Crippen molar-refractivity contribution in [3.05, 3.63) is 65.6 Å². The van der Waals surface area contributed by atoms with E-state index in [1.54, 1.807) is 11.1 Å². The Bertz CT molecular complexity index is 1180. The number of amides is 2. The number of nitrogens with one attached hydrogen (secondary N) is 2. The SMILES string of the molecule is O=C(COc1ccc2[nH]cc(C(=O)N3CCC(Cc4ccc(F)cc4)CC3)c2c1)N1CCNCC1. The Morgan fingerprint density at radius 3 is 2.46 bits per heavy atom. The highest BCUT2D eigenvalue weighted by molar-refractivity contribution is 6.07. The zero-order valence-electron chi connectivity index (χ0n) is 19.8. The van der Waals surface area contributed by atoms with Gasteiger partial charge in [0.2, 0.25) is 0 Å². The Hall–Kier alpha value is -3.39. The van der Waals surface area contributed by atoms with Gasteiger partial charge < -0.3 is 24.8 Å². The summed E-state index contributed by atoms with van der Waals surface area (Å²) in [5.41, 5.74) is 2.62. The van der Waals surface area contributed by atoms with Crippen LogP contribution in [0.15, 0.2) is 48.7 Å². The van der Waals surface area contributed by atoms with Crippen molar-refractivity contribution in [2.45, 2.75) is 19.3 Å². The largest absolute Gasteiger partial charge is 0.484 e. The predicted octanol–water partition coefficient (Wildman–Crippen LogP) is 3.21. The Balaban J connectivity index is 1.19. The van der Waals surface area contributed by atoms with Gasteiger partial charge in [0.05, 0.1) is 5.56 Å². The summed E-state index contributed by atoms with van der Waals surface area (Å²) in [6.45, 7) is 4.38. The molecule has 0 radical (unpaired) electrons. The molecule has 2 N–H and O–H groups in total. The van der Waals surface area contributed by atoms with Crippen molar-refractivity contribution in [3.8, 4) is 5.75 Å². The van der Waals surface area contributed by atoms with E-state index in [2.05, 4.69) is 10.3 Å². The van der Waals surface area contributed by atoms with Crippen LogP contribution >= 0.6 is 0 Å².